The van der Waals surface area contributed by atoms with E-state index < -0.39 is 5.82 Å². The van der Waals surface area contributed by atoms with Crippen molar-refractivity contribution < 1.29 is 14.3 Å². The highest BCUT2D eigenvalue weighted by molar-refractivity contribution is 6.05. The molecule has 2 rings (SSSR count). The molecule has 2 aromatic rings. The number of hydrogen-bond donors (Lipinski definition) is 2. The number of nitrogens with one attached hydrogen (secondary N) is 1. The zero-order valence-electron chi connectivity index (χ0n) is 11.6. The van der Waals surface area contributed by atoms with Crippen molar-refractivity contribution in [3.8, 4) is 11.8 Å². The summed E-state index contributed by atoms with van der Waals surface area (Å²) in [6, 6.07) is 3.87. The van der Waals surface area contributed by atoms with Crippen molar-refractivity contribution in [1.29, 1.82) is 0 Å². The average molecular weight is 287 g/mol. The third kappa shape index (κ3) is 3.27. The summed E-state index contributed by atoms with van der Waals surface area (Å²) in [6.07, 6.45) is 1.47. The zero-order valence-corrected chi connectivity index (χ0v) is 11.6. The standard InChI is InChI=1S/C15H14FN3O2/c1-10-13(9-17-19(10)2)15(21)18-14-6-5-12(16)8-11(14)4-3-7-20/h5-6,8-9,20H,7H2,1-2H3,(H,18,21). The molecule has 1 heterocycles. The molecule has 0 atom stereocenters. The van der Waals surface area contributed by atoms with Crippen LogP contribution in [-0.4, -0.2) is 27.4 Å². The molecule has 21 heavy (non-hydrogen) atoms. The van der Waals surface area contributed by atoms with E-state index >= 15 is 0 Å². The second-order valence-corrected chi connectivity index (χ2v) is 4.37. The van der Waals surface area contributed by atoms with Crippen molar-refractivity contribution >= 4 is 11.6 Å². The number of aliphatic hydroxyl groups excluding tert-OH is 1. The van der Waals surface area contributed by atoms with Crippen LogP contribution in [-0.2, 0) is 7.05 Å². The first-order valence-corrected chi connectivity index (χ1v) is 6.22. The Balaban J connectivity index is 2.31. The second kappa shape index (κ2) is 6.20. The van der Waals surface area contributed by atoms with E-state index in [2.05, 4.69) is 22.3 Å². The van der Waals surface area contributed by atoms with Crippen LogP contribution in [0.4, 0.5) is 10.1 Å². The van der Waals surface area contributed by atoms with Crippen LogP contribution >= 0.6 is 0 Å². The summed E-state index contributed by atoms with van der Waals surface area (Å²) in [5.74, 6) is 4.22. The Morgan fingerprint density at radius 3 is 2.90 bits per heavy atom. The molecule has 0 spiro atoms. The van der Waals surface area contributed by atoms with Crippen LogP contribution in [0.3, 0.4) is 0 Å². The van der Waals surface area contributed by atoms with Gasteiger partial charge in [-0.15, -0.1) is 0 Å². The number of carbonyl (C=O) groups excluding carboxylic acids is 1. The quantitative estimate of drug-likeness (QED) is 0.822. The van der Waals surface area contributed by atoms with Gasteiger partial charge < -0.3 is 10.4 Å². The molecule has 0 unspecified atom stereocenters. The SMILES string of the molecule is Cc1c(C(=O)Nc2ccc(F)cc2C#CCO)cnn1C. The van der Waals surface area contributed by atoms with Gasteiger partial charge in [-0.3, -0.25) is 9.48 Å². The molecule has 2 N–H and O–H groups in total. The first kappa shape index (κ1) is 14.8. The lowest BCUT2D eigenvalue weighted by Gasteiger charge is -2.07. The largest absolute Gasteiger partial charge is 0.384 e. The summed E-state index contributed by atoms with van der Waals surface area (Å²) in [5.41, 5.74) is 1.84. The molecule has 0 aliphatic carbocycles. The molecule has 6 heteroatoms. The number of aryl methyl sites for hydroxylation is 1. The highest BCUT2D eigenvalue weighted by atomic mass is 19.1. The lowest BCUT2D eigenvalue weighted by atomic mass is 10.1. The van der Waals surface area contributed by atoms with Gasteiger partial charge in [0.15, 0.2) is 0 Å². The van der Waals surface area contributed by atoms with Gasteiger partial charge in [-0.2, -0.15) is 5.10 Å². The fraction of sp³-hybridized carbons (Fsp3) is 0.200. The van der Waals surface area contributed by atoms with E-state index in [0.717, 1.165) is 5.69 Å². The molecule has 1 aromatic heterocycles. The van der Waals surface area contributed by atoms with Crippen LogP contribution in [0.5, 0.6) is 0 Å². The van der Waals surface area contributed by atoms with Crippen LogP contribution < -0.4 is 5.32 Å². The molecule has 0 fully saturated rings. The van der Waals surface area contributed by atoms with Crippen LogP contribution in [0.15, 0.2) is 24.4 Å². The Labute approximate surface area is 121 Å². The fourth-order valence-corrected chi connectivity index (χ4v) is 1.77. The highest BCUT2D eigenvalue weighted by Crippen LogP contribution is 2.18. The Hall–Kier alpha value is -2.65. The number of hydrogen-bond acceptors (Lipinski definition) is 3. The van der Waals surface area contributed by atoms with E-state index in [-0.39, 0.29) is 12.5 Å². The number of aliphatic hydroxyl groups is 1. The minimum atomic E-state index is -0.465. The molecule has 0 aliphatic heterocycles. The number of aromatic nitrogens is 2. The molecule has 1 aromatic carbocycles. The average Bonchev–Trinajstić information content (AvgIpc) is 2.79. The van der Waals surface area contributed by atoms with Crippen LogP contribution in [0.1, 0.15) is 21.6 Å². The molecular weight excluding hydrogens is 273 g/mol. The van der Waals surface area contributed by atoms with Crippen molar-refractivity contribution in [2.45, 2.75) is 6.92 Å². The predicted octanol–water partition coefficient (Wildman–Crippen LogP) is 1.46. The topological polar surface area (TPSA) is 67.2 Å². The van der Waals surface area contributed by atoms with Gasteiger partial charge in [-0.05, 0) is 25.1 Å². The van der Waals surface area contributed by atoms with Crippen molar-refractivity contribution in [3.05, 3.63) is 47.0 Å². The maximum Gasteiger partial charge on any atom is 0.259 e. The molecule has 108 valence electrons. The molecule has 0 radical (unpaired) electrons. The summed E-state index contributed by atoms with van der Waals surface area (Å²) >= 11 is 0. The lowest BCUT2D eigenvalue weighted by Crippen LogP contribution is -2.14. The Kier molecular flexibility index (Phi) is 4.36. The third-order valence-corrected chi connectivity index (χ3v) is 3.01. The number of carbonyl (C=O) groups is 1. The maximum absolute atomic E-state index is 13.2. The number of anilines is 1. The minimum absolute atomic E-state index is 0.305. The van der Waals surface area contributed by atoms with Crippen molar-refractivity contribution in [1.82, 2.24) is 9.78 Å². The second-order valence-electron chi connectivity index (χ2n) is 4.37. The molecule has 0 aliphatic rings. The van der Waals surface area contributed by atoms with E-state index in [1.165, 1.54) is 24.4 Å². The molecule has 0 saturated carbocycles. The summed E-state index contributed by atoms with van der Waals surface area (Å²) in [6.45, 7) is 1.44. The normalized spacial score (nSPS) is 9.90. The smallest absolute Gasteiger partial charge is 0.259 e. The van der Waals surface area contributed by atoms with Crippen molar-refractivity contribution in [2.24, 2.45) is 7.05 Å². The van der Waals surface area contributed by atoms with E-state index in [1.54, 1.807) is 18.7 Å². The summed E-state index contributed by atoms with van der Waals surface area (Å²) in [5, 5.41) is 15.4. The first-order chi connectivity index (χ1) is 10.0. The van der Waals surface area contributed by atoms with Gasteiger partial charge in [0.25, 0.3) is 5.91 Å². The van der Waals surface area contributed by atoms with Crippen LogP contribution in [0.2, 0.25) is 0 Å². The van der Waals surface area contributed by atoms with Gasteiger partial charge >= 0.3 is 0 Å². The number of benzene rings is 1. The minimum Gasteiger partial charge on any atom is -0.384 e. The van der Waals surface area contributed by atoms with Crippen molar-refractivity contribution in [3.63, 3.8) is 0 Å². The predicted molar refractivity (Wildman–Crippen MR) is 76.3 cm³/mol. The van der Waals surface area contributed by atoms with Crippen LogP contribution in [0, 0.1) is 24.6 Å². The summed E-state index contributed by atoms with van der Waals surface area (Å²) < 4.78 is 14.8. The summed E-state index contributed by atoms with van der Waals surface area (Å²) in [4.78, 5) is 12.2. The number of nitrogens with zero attached hydrogens (tertiary/aromatic N) is 2. The van der Waals surface area contributed by atoms with Gasteiger partial charge in [0.1, 0.15) is 12.4 Å². The van der Waals surface area contributed by atoms with E-state index in [0.29, 0.717) is 16.8 Å². The molecule has 0 saturated heterocycles. The van der Waals surface area contributed by atoms with Gasteiger partial charge in [0, 0.05) is 12.7 Å². The molecule has 5 nitrogen and oxygen atoms in total. The highest BCUT2D eigenvalue weighted by Gasteiger charge is 2.14. The lowest BCUT2D eigenvalue weighted by molar-refractivity contribution is 0.102. The van der Waals surface area contributed by atoms with E-state index in [9.17, 15) is 9.18 Å². The number of amides is 1. The van der Waals surface area contributed by atoms with Gasteiger partial charge in [-0.25, -0.2) is 4.39 Å². The third-order valence-electron chi connectivity index (χ3n) is 3.01. The molecular formula is C15H14FN3O2. The monoisotopic (exact) mass is 287 g/mol. The van der Waals surface area contributed by atoms with Crippen molar-refractivity contribution in [2.75, 3.05) is 11.9 Å². The van der Waals surface area contributed by atoms with Gasteiger partial charge in [-0.1, -0.05) is 11.8 Å². The maximum atomic E-state index is 13.2. The number of halogens is 1. The van der Waals surface area contributed by atoms with E-state index in [1.807, 2.05) is 0 Å². The zero-order chi connectivity index (χ0) is 15.4. The van der Waals surface area contributed by atoms with Gasteiger partial charge in [0.05, 0.1) is 23.0 Å². The first-order valence-electron chi connectivity index (χ1n) is 6.22. The van der Waals surface area contributed by atoms with Gasteiger partial charge in [0.2, 0.25) is 0 Å². The fourth-order valence-electron chi connectivity index (χ4n) is 1.77. The Morgan fingerprint density at radius 1 is 1.52 bits per heavy atom. The Morgan fingerprint density at radius 2 is 2.29 bits per heavy atom. The molecule has 1 amide bonds. The Bertz CT molecular complexity index is 741. The summed E-state index contributed by atoms with van der Waals surface area (Å²) in [7, 11) is 1.74. The molecule has 0 bridgehead atoms. The van der Waals surface area contributed by atoms with E-state index in [4.69, 9.17) is 5.11 Å². The van der Waals surface area contributed by atoms with Crippen LogP contribution in [0.25, 0.3) is 0 Å². The number of rotatable bonds is 2.